The van der Waals surface area contributed by atoms with Crippen LogP contribution in [0.2, 0.25) is 0 Å². The fourth-order valence-electron chi connectivity index (χ4n) is 1.80. The maximum absolute atomic E-state index is 5.45. The van der Waals surface area contributed by atoms with E-state index in [1.54, 1.807) is 10.9 Å². The molecule has 0 unspecified atom stereocenters. The van der Waals surface area contributed by atoms with E-state index in [1.165, 1.54) is 0 Å². The number of anilines is 1. The van der Waals surface area contributed by atoms with Gasteiger partial charge in [0.15, 0.2) is 5.82 Å². The predicted molar refractivity (Wildman–Crippen MR) is 70.6 cm³/mol. The number of hydrogen-bond acceptors (Lipinski definition) is 5. The zero-order chi connectivity index (χ0) is 13.1. The minimum absolute atomic E-state index is 0.532. The highest BCUT2D eigenvalue weighted by Gasteiger charge is 2.10. The van der Waals surface area contributed by atoms with E-state index >= 15 is 0 Å². The van der Waals surface area contributed by atoms with Gasteiger partial charge >= 0.3 is 0 Å². The molecular formula is C12H18N6. The van der Waals surface area contributed by atoms with Gasteiger partial charge in [-0.3, -0.25) is 4.68 Å². The van der Waals surface area contributed by atoms with Crippen molar-refractivity contribution < 1.29 is 0 Å². The van der Waals surface area contributed by atoms with E-state index in [0.717, 1.165) is 17.8 Å². The smallest absolute Gasteiger partial charge is 0.180 e. The van der Waals surface area contributed by atoms with Crippen LogP contribution in [-0.2, 0) is 13.5 Å². The van der Waals surface area contributed by atoms with Crippen LogP contribution in [-0.4, -0.2) is 19.7 Å². The standard InChI is InChI=1S/C12H18N6/c1-8(2)6-9-7-11(17-13)16-12(15-9)10-4-5-14-18(10)3/h4-5,7-8H,6,13H2,1-3H3,(H,15,16,17). The van der Waals surface area contributed by atoms with Gasteiger partial charge in [-0.25, -0.2) is 15.8 Å². The molecule has 6 nitrogen and oxygen atoms in total. The number of aromatic nitrogens is 4. The van der Waals surface area contributed by atoms with Crippen LogP contribution in [0.25, 0.3) is 11.5 Å². The molecule has 3 N–H and O–H groups in total. The highest BCUT2D eigenvalue weighted by molar-refractivity contribution is 5.53. The van der Waals surface area contributed by atoms with Gasteiger partial charge in [0.05, 0.1) is 0 Å². The van der Waals surface area contributed by atoms with Crippen molar-refractivity contribution in [3.05, 3.63) is 24.0 Å². The summed E-state index contributed by atoms with van der Waals surface area (Å²) < 4.78 is 1.74. The number of nitrogens with two attached hydrogens (primary N) is 1. The summed E-state index contributed by atoms with van der Waals surface area (Å²) in [6.45, 7) is 4.31. The average molecular weight is 246 g/mol. The van der Waals surface area contributed by atoms with Crippen LogP contribution in [0, 0.1) is 5.92 Å². The molecule has 0 amide bonds. The zero-order valence-corrected chi connectivity index (χ0v) is 10.9. The third kappa shape index (κ3) is 2.65. The van der Waals surface area contributed by atoms with Gasteiger partial charge in [-0.15, -0.1) is 0 Å². The van der Waals surface area contributed by atoms with Crippen LogP contribution in [0.3, 0.4) is 0 Å². The molecule has 0 atom stereocenters. The minimum atomic E-state index is 0.532. The average Bonchev–Trinajstić information content (AvgIpc) is 2.74. The Morgan fingerprint density at radius 1 is 1.39 bits per heavy atom. The summed E-state index contributed by atoms with van der Waals surface area (Å²) in [6, 6.07) is 3.76. The Balaban J connectivity index is 2.44. The molecule has 0 aromatic carbocycles. The molecule has 2 rings (SSSR count). The molecule has 0 bridgehead atoms. The Hall–Kier alpha value is -1.95. The lowest BCUT2D eigenvalue weighted by molar-refractivity contribution is 0.634. The highest BCUT2D eigenvalue weighted by Crippen LogP contribution is 2.18. The lowest BCUT2D eigenvalue weighted by Crippen LogP contribution is -2.12. The van der Waals surface area contributed by atoms with E-state index in [-0.39, 0.29) is 0 Å². The SMILES string of the molecule is CC(C)Cc1cc(NN)nc(-c2ccnn2C)n1. The summed E-state index contributed by atoms with van der Waals surface area (Å²) in [5.74, 6) is 7.24. The van der Waals surface area contributed by atoms with E-state index < -0.39 is 0 Å². The minimum Gasteiger partial charge on any atom is -0.308 e. The van der Waals surface area contributed by atoms with Gasteiger partial charge < -0.3 is 5.43 Å². The highest BCUT2D eigenvalue weighted by atomic mass is 15.3. The summed E-state index contributed by atoms with van der Waals surface area (Å²) in [5.41, 5.74) is 4.43. The monoisotopic (exact) mass is 246 g/mol. The van der Waals surface area contributed by atoms with E-state index in [4.69, 9.17) is 5.84 Å². The van der Waals surface area contributed by atoms with Crippen molar-refractivity contribution in [1.82, 2.24) is 19.7 Å². The van der Waals surface area contributed by atoms with E-state index in [2.05, 4.69) is 34.3 Å². The number of aryl methyl sites for hydroxylation is 1. The van der Waals surface area contributed by atoms with Crippen molar-refractivity contribution >= 4 is 5.82 Å². The fourth-order valence-corrected chi connectivity index (χ4v) is 1.80. The molecule has 0 saturated heterocycles. The summed E-state index contributed by atoms with van der Waals surface area (Å²) in [6.07, 6.45) is 2.62. The van der Waals surface area contributed by atoms with Gasteiger partial charge in [-0.05, 0) is 18.4 Å². The first-order valence-electron chi connectivity index (χ1n) is 5.93. The van der Waals surface area contributed by atoms with Crippen molar-refractivity contribution in [2.45, 2.75) is 20.3 Å². The molecule has 0 radical (unpaired) electrons. The molecule has 18 heavy (non-hydrogen) atoms. The molecule has 6 heteroatoms. The predicted octanol–water partition coefficient (Wildman–Crippen LogP) is 1.36. The molecular weight excluding hydrogens is 228 g/mol. The van der Waals surface area contributed by atoms with Crippen LogP contribution in [0.15, 0.2) is 18.3 Å². The largest absolute Gasteiger partial charge is 0.308 e. The van der Waals surface area contributed by atoms with Crippen LogP contribution in [0.5, 0.6) is 0 Å². The maximum atomic E-state index is 5.45. The Kier molecular flexibility index (Phi) is 3.57. The Labute approximate surface area is 106 Å². The van der Waals surface area contributed by atoms with Crippen molar-refractivity contribution in [3.63, 3.8) is 0 Å². The molecule has 0 aliphatic heterocycles. The number of hydrazine groups is 1. The Bertz CT molecular complexity index is 531. The third-order valence-electron chi connectivity index (χ3n) is 2.59. The molecule has 2 heterocycles. The molecule has 2 aromatic rings. The fraction of sp³-hybridized carbons (Fsp3) is 0.417. The first kappa shape index (κ1) is 12.5. The first-order valence-corrected chi connectivity index (χ1v) is 5.93. The second-order valence-electron chi connectivity index (χ2n) is 4.65. The van der Waals surface area contributed by atoms with Crippen molar-refractivity contribution in [2.24, 2.45) is 18.8 Å². The quantitative estimate of drug-likeness (QED) is 0.629. The number of hydrogen-bond donors (Lipinski definition) is 2. The zero-order valence-electron chi connectivity index (χ0n) is 10.9. The second kappa shape index (κ2) is 5.14. The summed E-state index contributed by atoms with van der Waals surface area (Å²) in [4.78, 5) is 8.91. The number of nitrogen functional groups attached to an aromatic ring is 1. The molecule has 2 aromatic heterocycles. The molecule has 0 aliphatic carbocycles. The maximum Gasteiger partial charge on any atom is 0.180 e. The van der Waals surface area contributed by atoms with Gasteiger partial charge in [-0.2, -0.15) is 5.10 Å². The van der Waals surface area contributed by atoms with Gasteiger partial charge in [0.25, 0.3) is 0 Å². The van der Waals surface area contributed by atoms with E-state index in [0.29, 0.717) is 17.6 Å². The van der Waals surface area contributed by atoms with Crippen molar-refractivity contribution in [2.75, 3.05) is 5.43 Å². The Morgan fingerprint density at radius 3 is 2.72 bits per heavy atom. The van der Waals surface area contributed by atoms with Crippen LogP contribution in [0.4, 0.5) is 5.82 Å². The van der Waals surface area contributed by atoms with E-state index in [9.17, 15) is 0 Å². The van der Waals surface area contributed by atoms with Crippen molar-refractivity contribution in [3.8, 4) is 11.5 Å². The lowest BCUT2D eigenvalue weighted by atomic mass is 10.1. The third-order valence-corrected chi connectivity index (χ3v) is 2.59. The number of nitrogens with zero attached hydrogens (tertiary/aromatic N) is 4. The van der Waals surface area contributed by atoms with Crippen LogP contribution < -0.4 is 11.3 Å². The second-order valence-corrected chi connectivity index (χ2v) is 4.65. The van der Waals surface area contributed by atoms with Gasteiger partial charge in [0, 0.05) is 25.0 Å². The van der Waals surface area contributed by atoms with Crippen molar-refractivity contribution in [1.29, 1.82) is 0 Å². The van der Waals surface area contributed by atoms with Gasteiger partial charge in [0.1, 0.15) is 11.5 Å². The molecule has 0 aliphatic rings. The molecule has 0 saturated carbocycles. The lowest BCUT2D eigenvalue weighted by Gasteiger charge is -2.09. The first-order chi connectivity index (χ1) is 8.60. The topological polar surface area (TPSA) is 81.6 Å². The number of rotatable bonds is 4. The van der Waals surface area contributed by atoms with Gasteiger partial charge in [-0.1, -0.05) is 13.8 Å². The number of nitrogens with one attached hydrogen (secondary N) is 1. The normalized spacial score (nSPS) is 10.9. The Morgan fingerprint density at radius 2 is 2.17 bits per heavy atom. The summed E-state index contributed by atoms with van der Waals surface area (Å²) in [5, 5.41) is 4.12. The summed E-state index contributed by atoms with van der Waals surface area (Å²) >= 11 is 0. The molecule has 0 spiro atoms. The molecule has 96 valence electrons. The molecule has 0 fully saturated rings. The van der Waals surface area contributed by atoms with Crippen LogP contribution >= 0.6 is 0 Å². The van der Waals surface area contributed by atoms with Crippen LogP contribution in [0.1, 0.15) is 19.5 Å². The van der Waals surface area contributed by atoms with E-state index in [1.807, 2.05) is 19.2 Å². The summed E-state index contributed by atoms with van der Waals surface area (Å²) in [7, 11) is 1.86. The van der Waals surface area contributed by atoms with Gasteiger partial charge in [0.2, 0.25) is 0 Å².